The Morgan fingerprint density at radius 3 is 2.57 bits per heavy atom. The van der Waals surface area contributed by atoms with Crippen molar-refractivity contribution in [3.63, 3.8) is 0 Å². The van der Waals surface area contributed by atoms with Crippen LogP contribution < -0.4 is 0 Å². The van der Waals surface area contributed by atoms with Crippen molar-refractivity contribution in [1.29, 1.82) is 0 Å². The Morgan fingerprint density at radius 1 is 0.913 bits per heavy atom. The molecule has 0 saturated carbocycles. The summed E-state index contributed by atoms with van der Waals surface area (Å²) in [5.74, 6) is 2.02. The number of nitrogens with one attached hydrogen (secondary N) is 1. The number of para-hydroxylation sites is 1. The van der Waals surface area contributed by atoms with Crippen LogP contribution in [0.3, 0.4) is 0 Å². The number of rotatable bonds is 1. The molecule has 2 nitrogen and oxygen atoms in total. The van der Waals surface area contributed by atoms with Crippen LogP contribution in [0.25, 0.3) is 10.9 Å². The van der Waals surface area contributed by atoms with Crippen LogP contribution >= 0.6 is 0 Å². The van der Waals surface area contributed by atoms with Crippen LogP contribution in [0.4, 0.5) is 0 Å². The molecule has 1 N–H and O–H groups in total. The monoisotopic (exact) mass is 302 g/mol. The summed E-state index contributed by atoms with van der Waals surface area (Å²) in [6.07, 6.45) is 1.14. The maximum Gasteiger partial charge on any atom is 0.0459 e. The molecule has 116 valence electrons. The second kappa shape index (κ2) is 4.97. The molecule has 0 radical (unpaired) electrons. The van der Waals surface area contributed by atoms with Crippen molar-refractivity contribution in [3.05, 3.63) is 71.4 Å². The number of fused-ring (bicyclic) bond motifs is 5. The lowest BCUT2D eigenvalue weighted by atomic mass is 9.69. The van der Waals surface area contributed by atoms with E-state index in [4.69, 9.17) is 0 Å². The summed E-state index contributed by atoms with van der Waals surface area (Å²) in [5.41, 5.74) is 5.88. The normalized spacial score (nSPS) is 27.1. The van der Waals surface area contributed by atoms with Gasteiger partial charge < -0.3 is 9.88 Å². The molecule has 0 bridgehead atoms. The van der Waals surface area contributed by atoms with Crippen LogP contribution in [0, 0.1) is 5.92 Å². The van der Waals surface area contributed by atoms with E-state index in [2.05, 4.69) is 71.5 Å². The maximum atomic E-state index is 3.72. The Kier molecular flexibility index (Phi) is 2.89. The first-order chi connectivity index (χ1) is 11.3. The van der Waals surface area contributed by atoms with Crippen molar-refractivity contribution in [2.24, 2.45) is 5.92 Å². The highest BCUT2D eigenvalue weighted by molar-refractivity contribution is 5.85. The van der Waals surface area contributed by atoms with E-state index in [1.807, 2.05) is 0 Å². The van der Waals surface area contributed by atoms with Crippen molar-refractivity contribution in [2.45, 2.75) is 18.3 Å². The molecule has 5 rings (SSSR count). The van der Waals surface area contributed by atoms with E-state index in [1.54, 1.807) is 5.56 Å². The summed E-state index contributed by atoms with van der Waals surface area (Å²) in [5, 5.41) is 1.44. The summed E-state index contributed by atoms with van der Waals surface area (Å²) < 4.78 is 0. The molecule has 0 amide bonds. The number of aromatic nitrogens is 1. The molecule has 3 atom stereocenters. The van der Waals surface area contributed by atoms with Crippen LogP contribution in [0.5, 0.6) is 0 Å². The molecular weight excluding hydrogens is 280 g/mol. The van der Waals surface area contributed by atoms with Gasteiger partial charge in [0.15, 0.2) is 0 Å². The molecule has 23 heavy (non-hydrogen) atoms. The van der Waals surface area contributed by atoms with E-state index in [0.29, 0.717) is 11.8 Å². The van der Waals surface area contributed by atoms with E-state index in [0.717, 1.165) is 12.3 Å². The Balaban J connectivity index is 1.69. The molecule has 2 heterocycles. The lowest BCUT2D eigenvalue weighted by Gasteiger charge is -2.34. The molecule has 2 heteroatoms. The first-order valence-electron chi connectivity index (χ1n) is 8.64. The van der Waals surface area contributed by atoms with Gasteiger partial charge in [-0.1, -0.05) is 48.5 Å². The van der Waals surface area contributed by atoms with Gasteiger partial charge in [-0.3, -0.25) is 0 Å². The standard InChI is InChI=1S/C21H22N2/c1-23-12-17-16(14-7-3-2-4-8-14)11-20-21(18(17)13-23)15-9-5-6-10-19(15)22-20/h2-10,16-18,22H,11-13H2,1H3/t16?,17-,18-/m1/s1. The fourth-order valence-corrected chi connectivity index (χ4v) is 4.99. The number of H-pyrrole nitrogens is 1. The topological polar surface area (TPSA) is 19.0 Å². The van der Waals surface area contributed by atoms with Crippen molar-refractivity contribution in [3.8, 4) is 0 Å². The fraction of sp³-hybridized carbons (Fsp3) is 0.333. The van der Waals surface area contributed by atoms with Gasteiger partial charge in [-0.2, -0.15) is 0 Å². The fourth-order valence-electron chi connectivity index (χ4n) is 4.99. The molecule has 3 aromatic rings. The minimum atomic E-state index is 0.631. The molecule has 1 saturated heterocycles. The van der Waals surface area contributed by atoms with Gasteiger partial charge in [0, 0.05) is 35.6 Å². The van der Waals surface area contributed by atoms with Gasteiger partial charge in [0.25, 0.3) is 0 Å². The minimum Gasteiger partial charge on any atom is -0.358 e. The van der Waals surface area contributed by atoms with Crippen LogP contribution in [-0.4, -0.2) is 30.0 Å². The molecule has 1 aromatic heterocycles. The zero-order chi connectivity index (χ0) is 15.4. The highest BCUT2D eigenvalue weighted by atomic mass is 15.1. The molecular formula is C21H22N2. The predicted molar refractivity (Wildman–Crippen MR) is 94.9 cm³/mol. The van der Waals surface area contributed by atoms with Gasteiger partial charge in [-0.05, 0) is 42.5 Å². The minimum absolute atomic E-state index is 0.631. The van der Waals surface area contributed by atoms with Crippen LogP contribution in [0.15, 0.2) is 54.6 Å². The number of benzene rings is 2. The number of hydrogen-bond acceptors (Lipinski definition) is 1. The van der Waals surface area contributed by atoms with Gasteiger partial charge in [0.05, 0.1) is 0 Å². The summed E-state index contributed by atoms with van der Waals surface area (Å²) in [6.45, 7) is 2.39. The molecule has 1 unspecified atom stereocenters. The Hall–Kier alpha value is -2.06. The van der Waals surface area contributed by atoms with Gasteiger partial charge in [-0.15, -0.1) is 0 Å². The summed E-state index contributed by atoms with van der Waals surface area (Å²) >= 11 is 0. The highest BCUT2D eigenvalue weighted by Crippen LogP contribution is 2.50. The van der Waals surface area contributed by atoms with Gasteiger partial charge in [0.2, 0.25) is 0 Å². The third-order valence-electron chi connectivity index (χ3n) is 5.91. The van der Waals surface area contributed by atoms with E-state index in [1.165, 1.54) is 35.2 Å². The lowest BCUT2D eigenvalue weighted by Crippen LogP contribution is -2.27. The van der Waals surface area contributed by atoms with Crippen LogP contribution in [0.1, 0.15) is 28.7 Å². The number of likely N-dealkylation sites (tertiary alicyclic amines) is 1. The van der Waals surface area contributed by atoms with Crippen molar-refractivity contribution < 1.29 is 0 Å². The molecule has 1 aliphatic heterocycles. The average molecular weight is 302 g/mol. The van der Waals surface area contributed by atoms with Crippen LogP contribution in [-0.2, 0) is 6.42 Å². The van der Waals surface area contributed by atoms with Crippen molar-refractivity contribution in [2.75, 3.05) is 20.1 Å². The smallest absolute Gasteiger partial charge is 0.0459 e. The van der Waals surface area contributed by atoms with Crippen molar-refractivity contribution >= 4 is 10.9 Å². The first-order valence-corrected chi connectivity index (χ1v) is 8.64. The molecule has 2 aliphatic rings. The zero-order valence-corrected chi connectivity index (χ0v) is 13.5. The van der Waals surface area contributed by atoms with Crippen LogP contribution in [0.2, 0.25) is 0 Å². The average Bonchev–Trinajstić information content (AvgIpc) is 3.14. The number of nitrogens with zero attached hydrogens (tertiary/aromatic N) is 1. The molecule has 2 aromatic carbocycles. The highest BCUT2D eigenvalue weighted by Gasteiger charge is 2.43. The first kappa shape index (κ1) is 13.4. The summed E-state index contributed by atoms with van der Waals surface area (Å²) in [4.78, 5) is 6.24. The Morgan fingerprint density at radius 2 is 1.70 bits per heavy atom. The van der Waals surface area contributed by atoms with E-state index in [9.17, 15) is 0 Å². The van der Waals surface area contributed by atoms with E-state index >= 15 is 0 Å². The predicted octanol–water partition coefficient (Wildman–Crippen LogP) is 4.15. The third kappa shape index (κ3) is 1.98. The zero-order valence-electron chi connectivity index (χ0n) is 13.5. The summed E-state index contributed by atoms with van der Waals surface area (Å²) in [7, 11) is 2.27. The van der Waals surface area contributed by atoms with Crippen molar-refractivity contribution in [1.82, 2.24) is 9.88 Å². The quantitative estimate of drug-likeness (QED) is 0.715. The second-order valence-electron chi connectivity index (χ2n) is 7.28. The van der Waals surface area contributed by atoms with Gasteiger partial charge >= 0.3 is 0 Å². The number of hydrogen-bond donors (Lipinski definition) is 1. The number of likely N-dealkylation sites (N-methyl/N-ethyl adjacent to an activating group) is 1. The molecule has 1 aliphatic carbocycles. The number of aromatic amines is 1. The van der Waals surface area contributed by atoms with Gasteiger partial charge in [-0.25, -0.2) is 0 Å². The maximum absolute atomic E-state index is 3.72. The molecule has 0 spiro atoms. The Labute approximate surface area is 137 Å². The molecule has 1 fully saturated rings. The van der Waals surface area contributed by atoms with Gasteiger partial charge in [0.1, 0.15) is 0 Å². The van der Waals surface area contributed by atoms with E-state index < -0.39 is 0 Å². The summed E-state index contributed by atoms with van der Waals surface area (Å²) in [6, 6.07) is 19.9. The Bertz CT molecular complexity index is 849. The largest absolute Gasteiger partial charge is 0.358 e. The second-order valence-corrected chi connectivity index (χ2v) is 7.28. The SMILES string of the molecule is CN1C[C@@H]2C(c3ccccc3)Cc3[nH]c4ccccc4c3[C@@H]2C1. The third-order valence-corrected chi connectivity index (χ3v) is 5.91. The van der Waals surface area contributed by atoms with E-state index in [-0.39, 0.29) is 0 Å². The lowest BCUT2D eigenvalue weighted by molar-refractivity contribution is 0.356.